The summed E-state index contributed by atoms with van der Waals surface area (Å²) >= 11 is 1.62. The molecule has 1 aliphatic carbocycles. The highest BCUT2D eigenvalue weighted by Crippen LogP contribution is 2.48. The van der Waals surface area contributed by atoms with E-state index in [0.717, 1.165) is 16.9 Å². The Bertz CT molecular complexity index is 843. The standard InChI is InChI=1S/C23H31NO4S/c1-13(2)20-14(3)9-19-21(20)15(4)29-22(19)23(27)24-10-16-5-7-18(8-6-16)28-12-17(26)11-25/h5-8,13-14,17,20,25-26H,9-12H2,1-4H3,(H,24,27)/t14-,17+,20?/m1/s1. The second-order valence-electron chi connectivity index (χ2n) is 8.30. The Hall–Kier alpha value is -1.89. The number of rotatable bonds is 8. The molecule has 3 N–H and O–H groups in total. The van der Waals surface area contributed by atoms with Crippen molar-refractivity contribution in [2.75, 3.05) is 13.2 Å². The van der Waals surface area contributed by atoms with Gasteiger partial charge in [0.05, 0.1) is 11.5 Å². The molecular formula is C23H31NO4S. The molecule has 1 aromatic heterocycles. The smallest absolute Gasteiger partial charge is 0.261 e. The molecule has 1 unspecified atom stereocenters. The number of ether oxygens (including phenoxy) is 1. The number of nitrogens with one attached hydrogen (secondary N) is 1. The van der Waals surface area contributed by atoms with Gasteiger partial charge in [0.15, 0.2) is 0 Å². The lowest BCUT2D eigenvalue weighted by Crippen LogP contribution is -2.23. The molecule has 1 heterocycles. The van der Waals surface area contributed by atoms with Crippen LogP contribution in [0.2, 0.25) is 0 Å². The average Bonchev–Trinajstić information content (AvgIpc) is 3.20. The number of aryl methyl sites for hydroxylation is 1. The van der Waals surface area contributed by atoms with E-state index in [0.29, 0.717) is 30.0 Å². The van der Waals surface area contributed by atoms with E-state index in [-0.39, 0.29) is 19.1 Å². The third-order valence-electron chi connectivity index (χ3n) is 5.66. The van der Waals surface area contributed by atoms with E-state index >= 15 is 0 Å². The average molecular weight is 418 g/mol. The minimum absolute atomic E-state index is 0.00218. The van der Waals surface area contributed by atoms with Crippen molar-refractivity contribution >= 4 is 17.2 Å². The molecule has 0 saturated heterocycles. The zero-order chi connectivity index (χ0) is 21.1. The maximum absolute atomic E-state index is 12.9. The van der Waals surface area contributed by atoms with Crippen LogP contribution < -0.4 is 10.1 Å². The fourth-order valence-corrected chi connectivity index (χ4v) is 5.52. The topological polar surface area (TPSA) is 78.8 Å². The fourth-order valence-electron chi connectivity index (χ4n) is 4.36. The van der Waals surface area contributed by atoms with E-state index in [1.54, 1.807) is 23.5 Å². The van der Waals surface area contributed by atoms with Gasteiger partial charge in [0, 0.05) is 11.4 Å². The van der Waals surface area contributed by atoms with Gasteiger partial charge in [-0.2, -0.15) is 0 Å². The van der Waals surface area contributed by atoms with Crippen LogP contribution in [-0.2, 0) is 13.0 Å². The van der Waals surface area contributed by atoms with Gasteiger partial charge in [0.2, 0.25) is 0 Å². The van der Waals surface area contributed by atoms with Crippen LogP contribution >= 0.6 is 11.3 Å². The molecule has 3 atom stereocenters. The van der Waals surface area contributed by atoms with Gasteiger partial charge in [-0.3, -0.25) is 4.79 Å². The number of benzene rings is 1. The monoisotopic (exact) mass is 417 g/mol. The van der Waals surface area contributed by atoms with E-state index in [2.05, 4.69) is 33.0 Å². The molecule has 3 rings (SSSR count). The van der Waals surface area contributed by atoms with Crippen molar-refractivity contribution in [3.8, 4) is 5.75 Å². The number of aliphatic hydroxyl groups excluding tert-OH is 2. The van der Waals surface area contributed by atoms with Crippen LogP contribution in [-0.4, -0.2) is 35.4 Å². The summed E-state index contributed by atoms with van der Waals surface area (Å²) in [6.07, 6.45) is 0.0970. The largest absolute Gasteiger partial charge is 0.491 e. The van der Waals surface area contributed by atoms with Gasteiger partial charge < -0.3 is 20.3 Å². The second-order valence-corrected chi connectivity index (χ2v) is 9.53. The Morgan fingerprint density at radius 2 is 2.00 bits per heavy atom. The summed E-state index contributed by atoms with van der Waals surface area (Å²) in [6, 6.07) is 7.38. The van der Waals surface area contributed by atoms with Gasteiger partial charge in [0.25, 0.3) is 5.91 Å². The number of aliphatic hydroxyl groups is 2. The molecule has 0 spiro atoms. The number of hydrogen-bond acceptors (Lipinski definition) is 5. The second kappa shape index (κ2) is 9.28. The molecule has 1 aromatic carbocycles. The van der Waals surface area contributed by atoms with Crippen molar-refractivity contribution in [3.05, 3.63) is 50.7 Å². The highest BCUT2D eigenvalue weighted by Gasteiger charge is 2.37. The van der Waals surface area contributed by atoms with Crippen LogP contribution in [0, 0.1) is 18.8 Å². The van der Waals surface area contributed by atoms with Crippen molar-refractivity contribution in [2.24, 2.45) is 11.8 Å². The lowest BCUT2D eigenvalue weighted by Gasteiger charge is -2.21. The third-order valence-corrected chi connectivity index (χ3v) is 6.82. The van der Waals surface area contributed by atoms with Crippen LogP contribution in [0.15, 0.2) is 24.3 Å². The Morgan fingerprint density at radius 1 is 1.31 bits per heavy atom. The first-order valence-corrected chi connectivity index (χ1v) is 11.0. The molecule has 1 aliphatic rings. The number of amides is 1. The molecular weight excluding hydrogens is 386 g/mol. The first-order chi connectivity index (χ1) is 13.8. The summed E-state index contributed by atoms with van der Waals surface area (Å²) in [7, 11) is 0. The summed E-state index contributed by atoms with van der Waals surface area (Å²) in [5.41, 5.74) is 3.64. The van der Waals surface area contributed by atoms with Gasteiger partial charge in [-0.15, -0.1) is 11.3 Å². The van der Waals surface area contributed by atoms with Crippen molar-refractivity contribution in [1.29, 1.82) is 0 Å². The molecule has 2 aromatic rings. The summed E-state index contributed by atoms with van der Waals surface area (Å²) in [5.74, 6) is 2.32. The summed E-state index contributed by atoms with van der Waals surface area (Å²) < 4.78 is 5.41. The number of carbonyl (C=O) groups excluding carboxylic acids is 1. The van der Waals surface area contributed by atoms with Gasteiger partial charge in [-0.25, -0.2) is 0 Å². The zero-order valence-corrected chi connectivity index (χ0v) is 18.4. The molecule has 1 amide bonds. The van der Waals surface area contributed by atoms with Crippen LogP contribution in [0.1, 0.15) is 57.9 Å². The predicted octanol–water partition coefficient (Wildman–Crippen LogP) is 3.65. The Morgan fingerprint density at radius 3 is 2.62 bits per heavy atom. The molecule has 5 nitrogen and oxygen atoms in total. The van der Waals surface area contributed by atoms with Crippen molar-refractivity contribution in [1.82, 2.24) is 5.32 Å². The quantitative estimate of drug-likeness (QED) is 0.613. The van der Waals surface area contributed by atoms with Gasteiger partial charge in [-0.05, 0) is 59.9 Å². The van der Waals surface area contributed by atoms with Crippen molar-refractivity contribution in [3.63, 3.8) is 0 Å². The molecule has 0 saturated carbocycles. The first-order valence-electron chi connectivity index (χ1n) is 10.2. The summed E-state index contributed by atoms with van der Waals surface area (Å²) in [4.78, 5) is 15.0. The van der Waals surface area contributed by atoms with Gasteiger partial charge in [-0.1, -0.05) is 32.9 Å². The molecule has 158 valence electrons. The Balaban J connectivity index is 1.62. The number of fused-ring (bicyclic) bond motifs is 1. The minimum atomic E-state index is -0.886. The Labute approximate surface area is 176 Å². The third kappa shape index (κ3) is 4.82. The van der Waals surface area contributed by atoms with E-state index in [4.69, 9.17) is 9.84 Å². The number of carbonyl (C=O) groups is 1. The van der Waals surface area contributed by atoms with Gasteiger partial charge >= 0.3 is 0 Å². The summed E-state index contributed by atoms with van der Waals surface area (Å²) in [5, 5.41) is 21.2. The SMILES string of the molecule is Cc1sc(C(=O)NCc2ccc(OC[C@@H](O)CO)cc2)c2c1C(C(C)C)[C@H](C)C2. The first kappa shape index (κ1) is 21.8. The number of hydrogen-bond donors (Lipinski definition) is 3. The Kier molecular flexibility index (Phi) is 6.98. The molecule has 0 aliphatic heterocycles. The van der Waals surface area contributed by atoms with Crippen LogP contribution in [0.5, 0.6) is 5.75 Å². The lowest BCUT2D eigenvalue weighted by molar-refractivity contribution is 0.0536. The highest BCUT2D eigenvalue weighted by atomic mass is 32.1. The normalized spacial score (nSPS) is 19.3. The zero-order valence-electron chi connectivity index (χ0n) is 17.6. The molecule has 0 bridgehead atoms. The van der Waals surface area contributed by atoms with Crippen LogP contribution in [0.25, 0.3) is 0 Å². The fraction of sp³-hybridized carbons (Fsp3) is 0.522. The molecule has 6 heteroatoms. The highest BCUT2D eigenvalue weighted by molar-refractivity contribution is 7.14. The van der Waals surface area contributed by atoms with E-state index in [1.165, 1.54) is 16.0 Å². The molecule has 0 radical (unpaired) electrons. The van der Waals surface area contributed by atoms with Crippen LogP contribution in [0.3, 0.4) is 0 Å². The number of thiophene rings is 1. The van der Waals surface area contributed by atoms with Gasteiger partial charge in [0.1, 0.15) is 18.5 Å². The van der Waals surface area contributed by atoms with Crippen molar-refractivity contribution < 1.29 is 19.7 Å². The summed E-state index contributed by atoms with van der Waals surface area (Å²) in [6.45, 7) is 9.14. The van der Waals surface area contributed by atoms with E-state index in [9.17, 15) is 9.90 Å². The molecule has 0 fully saturated rings. The molecule has 29 heavy (non-hydrogen) atoms. The van der Waals surface area contributed by atoms with Crippen molar-refractivity contribution in [2.45, 2.75) is 52.7 Å². The van der Waals surface area contributed by atoms with E-state index in [1.807, 2.05) is 12.1 Å². The minimum Gasteiger partial charge on any atom is -0.491 e. The predicted molar refractivity (Wildman–Crippen MR) is 116 cm³/mol. The van der Waals surface area contributed by atoms with E-state index < -0.39 is 6.10 Å². The maximum Gasteiger partial charge on any atom is 0.261 e. The van der Waals surface area contributed by atoms with Crippen LogP contribution in [0.4, 0.5) is 0 Å². The maximum atomic E-state index is 12.9. The lowest BCUT2D eigenvalue weighted by atomic mass is 9.84.